The van der Waals surface area contributed by atoms with Crippen LogP contribution in [0.3, 0.4) is 0 Å². The minimum absolute atomic E-state index is 0.650. The van der Waals surface area contributed by atoms with Crippen molar-refractivity contribution in [3.05, 3.63) is 0 Å². The third-order valence-electron chi connectivity index (χ3n) is 2.50. The smallest absolute Gasteiger partial charge is 0.347 e. The second-order valence-electron chi connectivity index (χ2n) is 3.68. The Morgan fingerprint density at radius 3 is 0.941 bits per heavy atom. The Labute approximate surface area is 92.0 Å². The van der Waals surface area contributed by atoms with Crippen molar-refractivity contribution in [3.8, 4) is 0 Å². The number of hydrogen-bond donors (Lipinski definition) is 9. The summed E-state index contributed by atoms with van der Waals surface area (Å²) in [5.74, 6) is -14.2. The highest BCUT2D eigenvalue weighted by molar-refractivity contribution is 7.53. The van der Waals surface area contributed by atoms with Gasteiger partial charge in [-0.25, -0.2) is 0 Å². The van der Waals surface area contributed by atoms with Crippen LogP contribution in [0.4, 0.5) is 0 Å². The van der Waals surface area contributed by atoms with Crippen molar-refractivity contribution in [1.29, 1.82) is 0 Å². The fourth-order valence-electron chi connectivity index (χ4n) is 1.42. The Kier molecular flexibility index (Phi) is 2.10. The van der Waals surface area contributed by atoms with Crippen molar-refractivity contribution in [3.63, 3.8) is 0 Å². The van der Waals surface area contributed by atoms with Gasteiger partial charge in [0.15, 0.2) is 0 Å². The normalized spacial score (nSPS) is 33.5. The summed E-state index contributed by atoms with van der Waals surface area (Å²) in [6.45, 7) is 0. The van der Waals surface area contributed by atoms with E-state index in [0.717, 1.165) is 0 Å². The van der Waals surface area contributed by atoms with Gasteiger partial charge in [0.1, 0.15) is 0 Å². The Morgan fingerprint density at radius 1 is 0.647 bits per heavy atom. The molecule has 2 aliphatic heterocycles. The van der Waals surface area contributed by atoms with Crippen LogP contribution >= 0.6 is 7.67 Å². The van der Waals surface area contributed by atoms with Crippen molar-refractivity contribution >= 4 is 7.67 Å². The van der Waals surface area contributed by atoms with Gasteiger partial charge in [-0.3, -0.25) is 4.57 Å². The molecule has 0 aliphatic carbocycles. The molecule has 0 saturated carbocycles. The van der Waals surface area contributed by atoms with Crippen LogP contribution in [0.25, 0.3) is 0 Å². The molecule has 2 heterocycles. The van der Waals surface area contributed by atoms with Gasteiger partial charge >= 0.3 is 31.3 Å². The van der Waals surface area contributed by atoms with Gasteiger partial charge < -0.3 is 45.7 Å². The molecule has 0 spiro atoms. The van der Waals surface area contributed by atoms with Crippen LogP contribution < -0.4 is 0 Å². The van der Waals surface area contributed by atoms with Crippen molar-refractivity contribution in [1.82, 2.24) is 9.34 Å². The molecule has 0 aromatic heterocycles. The van der Waals surface area contributed by atoms with Crippen LogP contribution in [0, 0.1) is 0 Å². The van der Waals surface area contributed by atoms with Crippen LogP contribution in [-0.4, -0.2) is 78.7 Å². The van der Waals surface area contributed by atoms with E-state index in [2.05, 4.69) is 0 Å². The summed E-state index contributed by atoms with van der Waals surface area (Å²) in [4.78, 5) is 9.26. The third kappa shape index (κ3) is 1.21. The molecule has 0 amide bonds. The fourth-order valence-corrected chi connectivity index (χ4v) is 3.50. The van der Waals surface area contributed by atoms with E-state index >= 15 is 0 Å². The first-order valence-electron chi connectivity index (χ1n) is 3.97. The molecule has 0 atom stereocenters. The number of rotatable bonds is 2. The topological polar surface area (TPSA) is 205 Å². The van der Waals surface area contributed by atoms with Crippen LogP contribution in [-0.2, 0) is 4.57 Å². The molecule has 100 valence electrons. The average molecular weight is 276 g/mol. The molecule has 0 bridgehead atoms. The first-order valence-corrected chi connectivity index (χ1v) is 5.53. The van der Waals surface area contributed by atoms with E-state index in [4.69, 9.17) is 40.9 Å². The van der Waals surface area contributed by atoms with E-state index in [1.807, 2.05) is 0 Å². The number of hydrogen-bond acceptors (Lipinski definition) is 9. The summed E-state index contributed by atoms with van der Waals surface area (Å²) in [5.41, 5.74) is 0. The molecule has 13 heteroatoms. The summed E-state index contributed by atoms with van der Waals surface area (Å²) in [6, 6.07) is 0. The van der Waals surface area contributed by atoms with Gasteiger partial charge in [0.2, 0.25) is 0 Å². The minimum atomic E-state index is -5.43. The molecular formula is C4H9N2O10P. The lowest BCUT2D eigenvalue weighted by Crippen LogP contribution is -2.23. The Balaban J connectivity index is 2.34. The zero-order valence-electron chi connectivity index (χ0n) is 7.77. The minimum Gasteiger partial charge on any atom is -0.347 e. The molecule has 0 unspecified atom stereocenters. The number of nitrogens with zero attached hydrogens (tertiary/aromatic N) is 2. The largest absolute Gasteiger partial charge is 0.361 e. The van der Waals surface area contributed by atoms with Gasteiger partial charge in [-0.05, 0) is 0 Å². The molecule has 12 nitrogen and oxygen atoms in total. The molecule has 2 rings (SSSR count). The van der Waals surface area contributed by atoms with Crippen LogP contribution in [0.2, 0.25) is 0 Å². The van der Waals surface area contributed by atoms with Gasteiger partial charge in [0, 0.05) is 0 Å². The quantitative estimate of drug-likeness (QED) is 0.131. The summed E-state index contributed by atoms with van der Waals surface area (Å²) in [7, 11) is -5.43. The van der Waals surface area contributed by atoms with Crippen LogP contribution in [0.1, 0.15) is 0 Å². The Bertz CT molecular complexity index is 366. The van der Waals surface area contributed by atoms with E-state index in [0.29, 0.717) is 0 Å². The van der Waals surface area contributed by atoms with E-state index in [1.165, 1.54) is 0 Å². The van der Waals surface area contributed by atoms with Crippen molar-refractivity contribution < 1.29 is 50.3 Å². The molecular weight excluding hydrogens is 267 g/mol. The van der Waals surface area contributed by atoms with Crippen molar-refractivity contribution in [2.45, 2.75) is 23.6 Å². The number of aliphatic hydroxyl groups is 8. The Hall–Kier alpha value is -0.210. The highest BCUT2D eigenvalue weighted by Crippen LogP contribution is 2.74. The highest BCUT2D eigenvalue weighted by Gasteiger charge is 2.91. The monoisotopic (exact) mass is 276 g/mol. The predicted molar refractivity (Wildman–Crippen MR) is 42.2 cm³/mol. The maximum Gasteiger partial charge on any atom is 0.361 e. The predicted octanol–water partition coefficient (Wildman–Crippen LogP) is -5.73. The SMILES string of the molecule is O=P(O)(N1C(O)(O)C1(O)O)N1C(O)(O)C1(O)O. The molecule has 2 fully saturated rings. The summed E-state index contributed by atoms with van der Waals surface area (Å²) in [6.07, 6.45) is 0. The molecule has 0 aromatic rings. The van der Waals surface area contributed by atoms with E-state index in [-0.39, 0.29) is 0 Å². The fraction of sp³-hybridized carbons (Fsp3) is 1.00. The summed E-state index contributed by atoms with van der Waals surface area (Å²) in [5, 5.41) is 70.9. The molecule has 17 heavy (non-hydrogen) atoms. The van der Waals surface area contributed by atoms with Gasteiger partial charge in [-0.2, -0.15) is 0 Å². The summed E-state index contributed by atoms with van der Waals surface area (Å²) < 4.78 is 10.2. The Morgan fingerprint density at radius 2 is 0.824 bits per heavy atom. The molecule has 2 aliphatic rings. The van der Waals surface area contributed by atoms with Gasteiger partial charge in [-0.15, -0.1) is 0 Å². The molecule has 2 saturated heterocycles. The van der Waals surface area contributed by atoms with E-state index < -0.39 is 40.7 Å². The van der Waals surface area contributed by atoms with Gasteiger partial charge in [-0.1, -0.05) is 9.34 Å². The maximum atomic E-state index is 11.5. The zero-order chi connectivity index (χ0) is 13.7. The van der Waals surface area contributed by atoms with Crippen LogP contribution in [0.15, 0.2) is 0 Å². The first kappa shape index (κ1) is 13.2. The van der Waals surface area contributed by atoms with E-state index in [1.54, 1.807) is 0 Å². The first-order chi connectivity index (χ1) is 7.23. The zero-order valence-corrected chi connectivity index (χ0v) is 8.67. The van der Waals surface area contributed by atoms with Crippen molar-refractivity contribution in [2.75, 3.05) is 0 Å². The van der Waals surface area contributed by atoms with Gasteiger partial charge in [0.25, 0.3) is 0 Å². The lowest BCUT2D eigenvalue weighted by molar-refractivity contribution is -0.207. The van der Waals surface area contributed by atoms with Crippen molar-refractivity contribution in [2.24, 2.45) is 0 Å². The molecule has 0 aromatic carbocycles. The van der Waals surface area contributed by atoms with E-state index in [9.17, 15) is 9.46 Å². The standard InChI is InChI=1S/C4H9N2O10P/c7-1(8)2(9,10)5(1)17(15,16)6-3(11,12)4(6,13)14/h7-14H,(H,15,16). The third-order valence-corrected chi connectivity index (χ3v) is 4.66. The summed E-state index contributed by atoms with van der Waals surface area (Å²) >= 11 is 0. The lowest BCUT2D eigenvalue weighted by Gasteiger charge is -2.14. The lowest BCUT2D eigenvalue weighted by atomic mass is 10.6. The second-order valence-corrected chi connectivity index (χ2v) is 5.51. The average Bonchev–Trinajstić information content (AvgIpc) is 2.56. The highest BCUT2D eigenvalue weighted by atomic mass is 31.2. The van der Waals surface area contributed by atoms with Gasteiger partial charge in [0.05, 0.1) is 0 Å². The molecule has 0 radical (unpaired) electrons. The maximum absolute atomic E-state index is 11.5. The molecule has 9 N–H and O–H groups in total. The second kappa shape index (κ2) is 2.70. The van der Waals surface area contributed by atoms with Crippen LogP contribution in [0.5, 0.6) is 0 Å².